The lowest BCUT2D eigenvalue weighted by Crippen LogP contribution is -2.39. The van der Waals surface area contributed by atoms with Gasteiger partial charge in [0.25, 0.3) is 0 Å². The van der Waals surface area contributed by atoms with Gasteiger partial charge in [0.2, 0.25) is 0 Å². The van der Waals surface area contributed by atoms with E-state index in [1.807, 2.05) is 18.2 Å². The lowest BCUT2D eigenvalue weighted by molar-refractivity contribution is 0.0824. The van der Waals surface area contributed by atoms with Crippen LogP contribution in [-0.2, 0) is 4.74 Å². The summed E-state index contributed by atoms with van der Waals surface area (Å²) in [4.78, 5) is 0. The zero-order valence-corrected chi connectivity index (χ0v) is 13.3. The van der Waals surface area contributed by atoms with Crippen molar-refractivity contribution in [1.29, 1.82) is 0 Å². The van der Waals surface area contributed by atoms with Crippen molar-refractivity contribution in [3.63, 3.8) is 0 Å². The van der Waals surface area contributed by atoms with Crippen LogP contribution < -0.4 is 10.1 Å². The standard InChI is InChI=1S/C14H19BrClNO2/c1-10(13-3-2-7-18-13)17-6-8-19-14-5-4-11(15)9-12(14)16/h4-5,9-10,13,17H,2-3,6-8H2,1H3. The number of hydrogen-bond donors (Lipinski definition) is 1. The molecular weight excluding hydrogens is 330 g/mol. The number of ether oxygens (including phenoxy) is 2. The molecule has 0 radical (unpaired) electrons. The zero-order chi connectivity index (χ0) is 13.7. The summed E-state index contributed by atoms with van der Waals surface area (Å²) < 4.78 is 12.2. The van der Waals surface area contributed by atoms with E-state index in [1.165, 1.54) is 6.42 Å². The molecule has 1 aliphatic rings. The highest BCUT2D eigenvalue weighted by molar-refractivity contribution is 9.10. The highest BCUT2D eigenvalue weighted by atomic mass is 79.9. The highest BCUT2D eigenvalue weighted by Gasteiger charge is 2.21. The second kappa shape index (κ2) is 7.48. The first-order valence-corrected chi connectivity index (χ1v) is 7.77. The molecule has 1 N–H and O–H groups in total. The van der Waals surface area contributed by atoms with Gasteiger partial charge in [0, 0.05) is 23.7 Å². The van der Waals surface area contributed by atoms with Gasteiger partial charge < -0.3 is 14.8 Å². The number of hydrogen-bond acceptors (Lipinski definition) is 3. The molecule has 0 aromatic heterocycles. The number of rotatable bonds is 6. The third kappa shape index (κ3) is 4.63. The van der Waals surface area contributed by atoms with E-state index in [9.17, 15) is 0 Å². The van der Waals surface area contributed by atoms with Crippen molar-refractivity contribution in [3.8, 4) is 5.75 Å². The van der Waals surface area contributed by atoms with Crippen LogP contribution in [0, 0.1) is 0 Å². The van der Waals surface area contributed by atoms with Gasteiger partial charge in [-0.1, -0.05) is 27.5 Å². The summed E-state index contributed by atoms with van der Waals surface area (Å²) in [6.45, 7) is 4.43. The van der Waals surface area contributed by atoms with Gasteiger partial charge in [0.05, 0.1) is 11.1 Å². The molecule has 1 aromatic carbocycles. The van der Waals surface area contributed by atoms with Gasteiger partial charge in [-0.15, -0.1) is 0 Å². The van der Waals surface area contributed by atoms with E-state index >= 15 is 0 Å². The maximum Gasteiger partial charge on any atom is 0.138 e. The zero-order valence-electron chi connectivity index (χ0n) is 11.0. The van der Waals surface area contributed by atoms with Crippen molar-refractivity contribution in [2.75, 3.05) is 19.8 Å². The molecule has 2 unspecified atom stereocenters. The Hall–Kier alpha value is -0.290. The molecule has 1 aromatic rings. The second-order valence-electron chi connectivity index (χ2n) is 4.72. The van der Waals surface area contributed by atoms with Crippen molar-refractivity contribution in [2.24, 2.45) is 0 Å². The fourth-order valence-corrected chi connectivity index (χ4v) is 2.90. The van der Waals surface area contributed by atoms with E-state index in [1.54, 1.807) is 0 Å². The van der Waals surface area contributed by atoms with Crippen LogP contribution in [0.15, 0.2) is 22.7 Å². The molecule has 1 saturated heterocycles. The molecule has 5 heteroatoms. The molecule has 1 heterocycles. The van der Waals surface area contributed by atoms with Crippen molar-refractivity contribution >= 4 is 27.5 Å². The lowest BCUT2D eigenvalue weighted by atomic mass is 10.1. The summed E-state index contributed by atoms with van der Waals surface area (Å²) in [5.41, 5.74) is 0. The average Bonchev–Trinajstić information content (AvgIpc) is 2.90. The predicted molar refractivity (Wildman–Crippen MR) is 81.1 cm³/mol. The summed E-state index contributed by atoms with van der Waals surface area (Å²) >= 11 is 9.45. The Morgan fingerprint density at radius 2 is 2.42 bits per heavy atom. The Kier molecular flexibility index (Phi) is 5.95. The fraction of sp³-hybridized carbons (Fsp3) is 0.571. The van der Waals surface area contributed by atoms with Crippen LogP contribution in [0.1, 0.15) is 19.8 Å². The molecule has 19 heavy (non-hydrogen) atoms. The molecule has 0 spiro atoms. The van der Waals surface area contributed by atoms with Crippen LogP contribution in [-0.4, -0.2) is 31.9 Å². The molecule has 0 aliphatic carbocycles. The smallest absolute Gasteiger partial charge is 0.138 e. The summed E-state index contributed by atoms with van der Waals surface area (Å²) in [5.74, 6) is 0.719. The van der Waals surface area contributed by atoms with Gasteiger partial charge in [-0.3, -0.25) is 0 Å². The monoisotopic (exact) mass is 347 g/mol. The first-order valence-electron chi connectivity index (χ1n) is 6.59. The van der Waals surface area contributed by atoms with E-state index < -0.39 is 0 Å². The van der Waals surface area contributed by atoms with Crippen LogP contribution >= 0.6 is 27.5 Å². The fourth-order valence-electron chi connectivity index (χ4n) is 2.17. The number of benzene rings is 1. The van der Waals surface area contributed by atoms with Gasteiger partial charge in [0.1, 0.15) is 12.4 Å². The van der Waals surface area contributed by atoms with E-state index in [-0.39, 0.29) is 0 Å². The minimum absolute atomic E-state index is 0.344. The lowest BCUT2D eigenvalue weighted by Gasteiger charge is -2.20. The van der Waals surface area contributed by atoms with Gasteiger partial charge in [-0.2, -0.15) is 0 Å². The predicted octanol–water partition coefficient (Wildman–Crippen LogP) is 3.64. The van der Waals surface area contributed by atoms with E-state index in [0.717, 1.165) is 29.8 Å². The molecule has 0 saturated carbocycles. The quantitative estimate of drug-likeness (QED) is 0.796. The Morgan fingerprint density at radius 1 is 1.58 bits per heavy atom. The van der Waals surface area contributed by atoms with Gasteiger partial charge >= 0.3 is 0 Å². The first kappa shape index (κ1) is 15.1. The second-order valence-corrected chi connectivity index (χ2v) is 6.04. The van der Waals surface area contributed by atoms with Crippen LogP contribution in [0.2, 0.25) is 5.02 Å². The maximum atomic E-state index is 6.08. The van der Waals surface area contributed by atoms with Crippen LogP contribution in [0.25, 0.3) is 0 Å². The van der Waals surface area contributed by atoms with Crippen molar-refractivity contribution < 1.29 is 9.47 Å². The van der Waals surface area contributed by atoms with Gasteiger partial charge in [-0.05, 0) is 38.0 Å². The molecule has 0 amide bonds. The molecule has 1 aliphatic heterocycles. The summed E-state index contributed by atoms with van der Waals surface area (Å²) in [6, 6.07) is 5.99. The van der Waals surface area contributed by atoms with E-state index in [4.69, 9.17) is 21.1 Å². The molecule has 0 bridgehead atoms. The van der Waals surface area contributed by atoms with Crippen LogP contribution in [0.5, 0.6) is 5.75 Å². The summed E-state index contributed by atoms with van der Waals surface area (Å²) in [6.07, 6.45) is 2.66. The van der Waals surface area contributed by atoms with Crippen molar-refractivity contribution in [3.05, 3.63) is 27.7 Å². The molecule has 2 rings (SSSR count). The summed E-state index contributed by atoms with van der Waals surface area (Å²) in [5, 5.41) is 4.05. The Bertz CT molecular complexity index is 410. The van der Waals surface area contributed by atoms with Gasteiger partial charge in [0.15, 0.2) is 0 Å². The Morgan fingerprint density at radius 3 is 3.11 bits per heavy atom. The number of nitrogens with one attached hydrogen (secondary N) is 1. The minimum Gasteiger partial charge on any atom is -0.491 e. The first-order chi connectivity index (χ1) is 9.16. The number of halogens is 2. The van der Waals surface area contributed by atoms with Crippen molar-refractivity contribution in [1.82, 2.24) is 5.32 Å². The third-order valence-corrected chi connectivity index (χ3v) is 4.03. The largest absolute Gasteiger partial charge is 0.491 e. The SMILES string of the molecule is CC(NCCOc1ccc(Br)cc1Cl)C1CCCO1. The Balaban J connectivity index is 1.68. The minimum atomic E-state index is 0.344. The van der Waals surface area contributed by atoms with Crippen LogP contribution in [0.4, 0.5) is 0 Å². The average molecular weight is 349 g/mol. The van der Waals surface area contributed by atoms with Crippen LogP contribution in [0.3, 0.4) is 0 Å². The molecule has 2 atom stereocenters. The van der Waals surface area contributed by atoms with Gasteiger partial charge in [-0.25, -0.2) is 0 Å². The highest BCUT2D eigenvalue weighted by Crippen LogP contribution is 2.27. The molecule has 106 valence electrons. The normalized spacial score (nSPS) is 20.5. The summed E-state index contributed by atoms with van der Waals surface area (Å²) in [7, 11) is 0. The molecular formula is C14H19BrClNO2. The van der Waals surface area contributed by atoms with E-state index in [0.29, 0.717) is 23.8 Å². The molecule has 1 fully saturated rings. The van der Waals surface area contributed by atoms with Crippen molar-refractivity contribution in [2.45, 2.75) is 31.9 Å². The Labute approximate surface area is 127 Å². The maximum absolute atomic E-state index is 6.08. The topological polar surface area (TPSA) is 30.5 Å². The van der Waals surface area contributed by atoms with E-state index in [2.05, 4.69) is 28.2 Å². The third-order valence-electron chi connectivity index (χ3n) is 3.24. The molecule has 3 nitrogen and oxygen atoms in total.